The Bertz CT molecular complexity index is 549. The summed E-state index contributed by atoms with van der Waals surface area (Å²) in [6.45, 7) is 1.75. The third-order valence-electron chi connectivity index (χ3n) is 2.09. The molecule has 18 heavy (non-hydrogen) atoms. The molecule has 0 aliphatic rings. The first kappa shape index (κ1) is 12.3. The van der Waals surface area contributed by atoms with Crippen molar-refractivity contribution in [3.8, 4) is 5.75 Å². The molecule has 0 amide bonds. The molecule has 0 aliphatic carbocycles. The van der Waals surface area contributed by atoms with Crippen LogP contribution in [-0.2, 0) is 0 Å². The predicted octanol–water partition coefficient (Wildman–Crippen LogP) is 2.59. The van der Waals surface area contributed by atoms with Crippen LogP contribution in [0.25, 0.3) is 0 Å². The summed E-state index contributed by atoms with van der Waals surface area (Å²) in [5, 5.41) is 13.5. The second kappa shape index (κ2) is 5.46. The van der Waals surface area contributed by atoms with E-state index in [9.17, 15) is 0 Å². The van der Waals surface area contributed by atoms with Gasteiger partial charge in [0, 0.05) is 6.07 Å². The van der Waals surface area contributed by atoms with Crippen molar-refractivity contribution in [1.29, 1.82) is 0 Å². The Kier molecular flexibility index (Phi) is 3.74. The standard InChI is InChI=1S/C12H11ClN4O/c1-8-15-11(13)6-12(16-8)17-14-7-9-2-4-10(18)5-3-9/h2-7,18H,1H3,(H,15,16,17)/b14-7+. The molecule has 0 saturated heterocycles. The highest BCUT2D eigenvalue weighted by molar-refractivity contribution is 6.29. The van der Waals surface area contributed by atoms with E-state index in [1.54, 1.807) is 43.5 Å². The minimum atomic E-state index is 0.221. The Morgan fingerprint density at radius 2 is 2.00 bits per heavy atom. The van der Waals surface area contributed by atoms with E-state index in [-0.39, 0.29) is 5.75 Å². The number of aromatic nitrogens is 2. The van der Waals surface area contributed by atoms with Gasteiger partial charge in [0.15, 0.2) is 5.82 Å². The molecule has 5 nitrogen and oxygen atoms in total. The van der Waals surface area contributed by atoms with Crippen LogP contribution in [0.5, 0.6) is 5.75 Å². The van der Waals surface area contributed by atoms with Gasteiger partial charge in [-0.05, 0) is 36.8 Å². The topological polar surface area (TPSA) is 70.4 Å². The number of phenols is 1. The molecule has 1 aromatic carbocycles. The molecule has 92 valence electrons. The second-order valence-corrected chi connectivity index (χ2v) is 3.97. The molecule has 2 N–H and O–H groups in total. The van der Waals surface area contributed by atoms with E-state index >= 15 is 0 Å². The van der Waals surface area contributed by atoms with Gasteiger partial charge < -0.3 is 5.11 Å². The van der Waals surface area contributed by atoms with Gasteiger partial charge in [0.2, 0.25) is 0 Å². The van der Waals surface area contributed by atoms with Gasteiger partial charge in [0.25, 0.3) is 0 Å². The number of rotatable bonds is 3. The molecular formula is C12H11ClN4O. The summed E-state index contributed by atoms with van der Waals surface area (Å²) >= 11 is 5.79. The van der Waals surface area contributed by atoms with Crippen molar-refractivity contribution in [3.05, 3.63) is 46.9 Å². The first-order chi connectivity index (χ1) is 8.63. The highest BCUT2D eigenvalue weighted by Crippen LogP contribution is 2.11. The second-order valence-electron chi connectivity index (χ2n) is 3.58. The van der Waals surface area contributed by atoms with Crippen molar-refractivity contribution in [1.82, 2.24) is 9.97 Å². The molecular weight excluding hydrogens is 252 g/mol. The molecule has 0 bridgehead atoms. The van der Waals surface area contributed by atoms with Crippen molar-refractivity contribution < 1.29 is 5.11 Å². The number of phenolic OH excluding ortho intramolecular Hbond substituents is 1. The van der Waals surface area contributed by atoms with Crippen LogP contribution < -0.4 is 5.43 Å². The maximum absolute atomic E-state index is 9.13. The number of hydrogen-bond acceptors (Lipinski definition) is 5. The zero-order valence-corrected chi connectivity index (χ0v) is 10.4. The van der Waals surface area contributed by atoms with Gasteiger partial charge in [0.1, 0.15) is 16.7 Å². The average Bonchev–Trinajstić information content (AvgIpc) is 2.30. The normalized spacial score (nSPS) is 10.8. The van der Waals surface area contributed by atoms with Crippen LogP contribution in [0, 0.1) is 6.92 Å². The van der Waals surface area contributed by atoms with Crippen molar-refractivity contribution >= 4 is 23.6 Å². The maximum Gasteiger partial charge on any atom is 0.151 e. The number of hydrogen-bond donors (Lipinski definition) is 2. The van der Waals surface area contributed by atoms with Crippen molar-refractivity contribution in [3.63, 3.8) is 0 Å². The fourth-order valence-electron chi connectivity index (χ4n) is 1.32. The third-order valence-corrected chi connectivity index (χ3v) is 2.29. The predicted molar refractivity (Wildman–Crippen MR) is 71.1 cm³/mol. The Morgan fingerprint density at radius 1 is 1.28 bits per heavy atom. The molecule has 0 radical (unpaired) electrons. The quantitative estimate of drug-likeness (QED) is 0.507. The lowest BCUT2D eigenvalue weighted by Gasteiger charge is -2.00. The molecule has 1 heterocycles. The molecule has 1 aromatic heterocycles. The van der Waals surface area contributed by atoms with E-state index in [0.717, 1.165) is 5.56 Å². The van der Waals surface area contributed by atoms with Crippen LogP contribution in [0.15, 0.2) is 35.4 Å². The number of aromatic hydroxyl groups is 1. The molecule has 2 aromatic rings. The summed E-state index contributed by atoms with van der Waals surface area (Å²) in [4.78, 5) is 8.06. The molecule has 0 unspecified atom stereocenters. The fourth-order valence-corrected chi connectivity index (χ4v) is 1.55. The molecule has 0 aliphatic heterocycles. The minimum Gasteiger partial charge on any atom is -0.508 e. The number of hydrazone groups is 1. The van der Waals surface area contributed by atoms with E-state index in [1.165, 1.54) is 0 Å². The molecule has 2 rings (SSSR count). The summed E-state index contributed by atoms with van der Waals surface area (Å²) in [5.41, 5.74) is 3.62. The van der Waals surface area contributed by atoms with Crippen LogP contribution in [0.1, 0.15) is 11.4 Å². The van der Waals surface area contributed by atoms with Crippen molar-refractivity contribution in [2.45, 2.75) is 6.92 Å². The Labute approximate surface area is 109 Å². The summed E-state index contributed by atoms with van der Waals surface area (Å²) in [6, 6.07) is 8.26. The summed E-state index contributed by atoms with van der Waals surface area (Å²) < 4.78 is 0. The SMILES string of the molecule is Cc1nc(Cl)cc(N/N=C/c2ccc(O)cc2)n1. The maximum atomic E-state index is 9.13. The monoisotopic (exact) mass is 262 g/mol. The Morgan fingerprint density at radius 3 is 2.67 bits per heavy atom. The number of anilines is 1. The average molecular weight is 263 g/mol. The van der Waals surface area contributed by atoms with Crippen LogP contribution in [0.2, 0.25) is 5.15 Å². The van der Waals surface area contributed by atoms with Gasteiger partial charge in [0.05, 0.1) is 6.21 Å². The zero-order valence-electron chi connectivity index (χ0n) is 9.63. The van der Waals surface area contributed by atoms with E-state index in [4.69, 9.17) is 16.7 Å². The summed E-state index contributed by atoms with van der Waals surface area (Å²) in [5.74, 6) is 1.32. The highest BCUT2D eigenvalue weighted by Gasteiger charge is 1.97. The molecule has 0 saturated carbocycles. The number of benzene rings is 1. The number of nitrogens with one attached hydrogen (secondary N) is 1. The van der Waals surface area contributed by atoms with E-state index in [1.807, 2.05) is 0 Å². The molecule has 0 fully saturated rings. The van der Waals surface area contributed by atoms with Gasteiger partial charge in [-0.2, -0.15) is 5.10 Å². The first-order valence-electron chi connectivity index (χ1n) is 5.23. The van der Waals surface area contributed by atoms with Gasteiger partial charge in [-0.3, -0.25) is 5.43 Å². The van der Waals surface area contributed by atoms with Crippen LogP contribution in [-0.4, -0.2) is 21.3 Å². The van der Waals surface area contributed by atoms with Crippen molar-refractivity contribution in [2.75, 3.05) is 5.43 Å². The lowest BCUT2D eigenvalue weighted by molar-refractivity contribution is 0.475. The van der Waals surface area contributed by atoms with E-state index in [2.05, 4.69) is 20.5 Å². The molecule has 0 spiro atoms. The van der Waals surface area contributed by atoms with E-state index < -0.39 is 0 Å². The largest absolute Gasteiger partial charge is 0.508 e. The smallest absolute Gasteiger partial charge is 0.151 e. The number of nitrogens with zero attached hydrogens (tertiary/aromatic N) is 3. The third kappa shape index (κ3) is 3.43. The summed E-state index contributed by atoms with van der Waals surface area (Å²) in [6.07, 6.45) is 1.62. The number of aryl methyl sites for hydroxylation is 1. The lowest BCUT2D eigenvalue weighted by Crippen LogP contribution is -1.97. The Hall–Kier alpha value is -2.14. The van der Waals surface area contributed by atoms with Gasteiger partial charge in [-0.15, -0.1) is 0 Å². The van der Waals surface area contributed by atoms with Crippen LogP contribution in [0.4, 0.5) is 5.82 Å². The lowest BCUT2D eigenvalue weighted by atomic mass is 10.2. The zero-order chi connectivity index (χ0) is 13.0. The first-order valence-corrected chi connectivity index (χ1v) is 5.60. The number of halogens is 1. The molecule has 6 heteroatoms. The van der Waals surface area contributed by atoms with Gasteiger partial charge in [-0.25, -0.2) is 9.97 Å². The molecule has 0 atom stereocenters. The Balaban J connectivity index is 2.04. The van der Waals surface area contributed by atoms with Crippen LogP contribution in [0.3, 0.4) is 0 Å². The highest BCUT2D eigenvalue weighted by atomic mass is 35.5. The van der Waals surface area contributed by atoms with Crippen LogP contribution >= 0.6 is 11.6 Å². The fraction of sp³-hybridized carbons (Fsp3) is 0.0833. The van der Waals surface area contributed by atoms with E-state index in [0.29, 0.717) is 16.8 Å². The van der Waals surface area contributed by atoms with Gasteiger partial charge >= 0.3 is 0 Å². The van der Waals surface area contributed by atoms with Crippen molar-refractivity contribution in [2.24, 2.45) is 5.10 Å². The minimum absolute atomic E-state index is 0.221. The van der Waals surface area contributed by atoms with Gasteiger partial charge in [-0.1, -0.05) is 11.6 Å². The summed E-state index contributed by atoms with van der Waals surface area (Å²) in [7, 11) is 0.